The molecule has 0 aromatic carbocycles. The third kappa shape index (κ3) is 13.6. The van der Waals surface area contributed by atoms with Crippen LogP contribution in [0.5, 0.6) is 0 Å². The Morgan fingerprint density at radius 2 is 1.40 bits per heavy atom. The molecule has 0 atom stereocenters. The number of carbonyl (C=O) groups is 1. The molecule has 4 nitrogen and oxygen atoms in total. The standard InChI is InChI=1S/C21H38N2O2/c1-2-3-4-5-6-7-8-9-10-11-12-13-14-15-16-21(24)25-18-20-17-22-19-23-20/h17,19H,2-16,18H2,1H3,(H,22,23). The minimum Gasteiger partial charge on any atom is -0.459 e. The van der Waals surface area contributed by atoms with E-state index in [1.54, 1.807) is 12.5 Å². The van der Waals surface area contributed by atoms with Crippen molar-refractivity contribution in [3.63, 3.8) is 0 Å². The molecule has 0 unspecified atom stereocenters. The molecule has 0 saturated carbocycles. The molecular formula is C21H38N2O2. The minimum absolute atomic E-state index is 0.103. The molecule has 0 aliphatic heterocycles. The molecule has 1 rings (SSSR count). The lowest BCUT2D eigenvalue weighted by Crippen LogP contribution is -2.04. The Balaban J connectivity index is 1.75. The summed E-state index contributed by atoms with van der Waals surface area (Å²) in [6, 6.07) is 0. The predicted octanol–water partition coefficient (Wildman–Crippen LogP) is 6.32. The molecule has 1 aromatic heterocycles. The summed E-state index contributed by atoms with van der Waals surface area (Å²) >= 11 is 0. The molecule has 4 heteroatoms. The number of ether oxygens (including phenoxy) is 1. The van der Waals surface area contributed by atoms with E-state index in [9.17, 15) is 4.79 Å². The first-order chi connectivity index (χ1) is 12.3. The third-order valence-electron chi connectivity index (χ3n) is 4.68. The fourth-order valence-electron chi connectivity index (χ4n) is 3.06. The first-order valence-electron chi connectivity index (χ1n) is 10.5. The van der Waals surface area contributed by atoms with E-state index in [1.165, 1.54) is 77.0 Å². The average Bonchev–Trinajstić information content (AvgIpc) is 3.14. The molecule has 0 aliphatic carbocycles. The fraction of sp³-hybridized carbons (Fsp3) is 0.810. The second-order valence-electron chi connectivity index (χ2n) is 7.08. The molecule has 0 aliphatic rings. The molecular weight excluding hydrogens is 312 g/mol. The average molecular weight is 351 g/mol. The highest BCUT2D eigenvalue weighted by Gasteiger charge is 2.03. The Morgan fingerprint density at radius 1 is 0.880 bits per heavy atom. The van der Waals surface area contributed by atoms with Crippen molar-refractivity contribution >= 4 is 5.97 Å². The van der Waals surface area contributed by atoms with Crippen LogP contribution in [0.25, 0.3) is 0 Å². The summed E-state index contributed by atoms with van der Waals surface area (Å²) in [6.45, 7) is 2.58. The smallest absolute Gasteiger partial charge is 0.306 e. The Morgan fingerprint density at radius 3 is 1.88 bits per heavy atom. The van der Waals surface area contributed by atoms with Gasteiger partial charge in [-0.05, 0) is 6.42 Å². The fourth-order valence-corrected chi connectivity index (χ4v) is 3.06. The number of nitrogens with one attached hydrogen (secondary N) is 1. The zero-order valence-corrected chi connectivity index (χ0v) is 16.2. The summed E-state index contributed by atoms with van der Waals surface area (Å²) in [6.07, 6.45) is 22.4. The van der Waals surface area contributed by atoms with E-state index < -0.39 is 0 Å². The number of imidazole rings is 1. The number of unbranched alkanes of at least 4 members (excludes halogenated alkanes) is 13. The molecule has 0 bridgehead atoms. The van der Waals surface area contributed by atoms with Gasteiger partial charge in [-0.2, -0.15) is 0 Å². The second kappa shape index (κ2) is 16.2. The van der Waals surface area contributed by atoms with E-state index in [0.29, 0.717) is 13.0 Å². The van der Waals surface area contributed by atoms with Crippen LogP contribution in [0.3, 0.4) is 0 Å². The van der Waals surface area contributed by atoms with Crippen molar-refractivity contribution < 1.29 is 9.53 Å². The molecule has 1 aromatic rings. The number of aromatic nitrogens is 2. The van der Waals surface area contributed by atoms with Crippen LogP contribution >= 0.6 is 0 Å². The second-order valence-corrected chi connectivity index (χ2v) is 7.08. The maximum Gasteiger partial charge on any atom is 0.306 e. The van der Waals surface area contributed by atoms with Crippen molar-refractivity contribution in [1.29, 1.82) is 0 Å². The lowest BCUT2D eigenvalue weighted by molar-refractivity contribution is -0.145. The third-order valence-corrected chi connectivity index (χ3v) is 4.68. The van der Waals surface area contributed by atoms with Gasteiger partial charge in [0.25, 0.3) is 0 Å². The quantitative estimate of drug-likeness (QED) is 0.264. The van der Waals surface area contributed by atoms with Crippen LogP contribution in [0.15, 0.2) is 12.5 Å². The topological polar surface area (TPSA) is 55.0 Å². The van der Waals surface area contributed by atoms with Gasteiger partial charge < -0.3 is 9.72 Å². The maximum atomic E-state index is 11.6. The predicted molar refractivity (Wildman–Crippen MR) is 103 cm³/mol. The maximum absolute atomic E-state index is 11.6. The molecule has 1 heterocycles. The van der Waals surface area contributed by atoms with Crippen molar-refractivity contribution in [3.05, 3.63) is 18.2 Å². The largest absolute Gasteiger partial charge is 0.459 e. The van der Waals surface area contributed by atoms with Crippen molar-refractivity contribution in [2.45, 2.75) is 110 Å². The van der Waals surface area contributed by atoms with E-state index >= 15 is 0 Å². The van der Waals surface area contributed by atoms with Crippen LogP contribution in [0.4, 0.5) is 0 Å². The van der Waals surface area contributed by atoms with Crippen LogP contribution in [0, 0.1) is 0 Å². The monoisotopic (exact) mass is 350 g/mol. The zero-order chi connectivity index (χ0) is 18.0. The highest BCUT2D eigenvalue weighted by atomic mass is 16.5. The van der Waals surface area contributed by atoms with Gasteiger partial charge in [0, 0.05) is 6.42 Å². The van der Waals surface area contributed by atoms with Crippen LogP contribution in [-0.4, -0.2) is 15.9 Å². The van der Waals surface area contributed by atoms with E-state index in [0.717, 1.165) is 18.5 Å². The van der Waals surface area contributed by atoms with Gasteiger partial charge in [0.15, 0.2) is 0 Å². The summed E-state index contributed by atoms with van der Waals surface area (Å²) in [4.78, 5) is 18.4. The lowest BCUT2D eigenvalue weighted by atomic mass is 10.0. The lowest BCUT2D eigenvalue weighted by Gasteiger charge is -2.04. The van der Waals surface area contributed by atoms with E-state index in [2.05, 4.69) is 16.9 Å². The first-order valence-corrected chi connectivity index (χ1v) is 10.5. The molecule has 0 amide bonds. The molecule has 25 heavy (non-hydrogen) atoms. The highest BCUT2D eigenvalue weighted by Crippen LogP contribution is 2.13. The molecule has 1 N–H and O–H groups in total. The summed E-state index contributed by atoms with van der Waals surface area (Å²) in [5.74, 6) is -0.103. The van der Waals surface area contributed by atoms with Gasteiger partial charge >= 0.3 is 5.97 Å². The highest BCUT2D eigenvalue weighted by molar-refractivity contribution is 5.69. The van der Waals surface area contributed by atoms with Crippen molar-refractivity contribution in [1.82, 2.24) is 9.97 Å². The normalized spacial score (nSPS) is 10.9. The summed E-state index contributed by atoms with van der Waals surface area (Å²) in [5.41, 5.74) is 0.842. The van der Waals surface area contributed by atoms with Crippen LogP contribution < -0.4 is 0 Å². The van der Waals surface area contributed by atoms with Gasteiger partial charge in [-0.1, -0.05) is 90.4 Å². The van der Waals surface area contributed by atoms with Gasteiger partial charge in [-0.3, -0.25) is 4.79 Å². The van der Waals surface area contributed by atoms with Gasteiger partial charge in [0.1, 0.15) is 6.61 Å². The molecule has 0 spiro atoms. The number of rotatable bonds is 17. The minimum atomic E-state index is -0.103. The molecule has 0 saturated heterocycles. The van der Waals surface area contributed by atoms with E-state index in [-0.39, 0.29) is 5.97 Å². The Labute approximate surface area is 154 Å². The summed E-state index contributed by atoms with van der Waals surface area (Å²) in [5, 5.41) is 0. The number of H-pyrrole nitrogens is 1. The van der Waals surface area contributed by atoms with Crippen LogP contribution in [0.2, 0.25) is 0 Å². The van der Waals surface area contributed by atoms with Gasteiger partial charge in [-0.15, -0.1) is 0 Å². The summed E-state index contributed by atoms with van der Waals surface area (Å²) in [7, 11) is 0. The Bertz CT molecular complexity index is 404. The van der Waals surface area contributed by atoms with Crippen molar-refractivity contribution in [2.75, 3.05) is 0 Å². The van der Waals surface area contributed by atoms with E-state index in [1.807, 2.05) is 0 Å². The molecule has 144 valence electrons. The summed E-state index contributed by atoms with van der Waals surface area (Å²) < 4.78 is 5.19. The number of nitrogens with zero attached hydrogens (tertiary/aromatic N) is 1. The molecule has 0 radical (unpaired) electrons. The van der Waals surface area contributed by atoms with Crippen LogP contribution in [0.1, 0.15) is 109 Å². The number of hydrogen-bond donors (Lipinski definition) is 1. The van der Waals surface area contributed by atoms with E-state index in [4.69, 9.17) is 4.74 Å². The number of hydrogen-bond acceptors (Lipinski definition) is 3. The van der Waals surface area contributed by atoms with Crippen molar-refractivity contribution in [3.8, 4) is 0 Å². The van der Waals surface area contributed by atoms with Gasteiger partial charge in [0.05, 0.1) is 18.2 Å². The number of aromatic amines is 1. The zero-order valence-electron chi connectivity index (χ0n) is 16.2. The Hall–Kier alpha value is -1.32. The number of carbonyl (C=O) groups excluding carboxylic acids is 1. The first kappa shape index (κ1) is 21.7. The van der Waals surface area contributed by atoms with Gasteiger partial charge in [0.2, 0.25) is 0 Å². The molecule has 0 fully saturated rings. The van der Waals surface area contributed by atoms with Crippen LogP contribution in [-0.2, 0) is 16.1 Å². The Kier molecular flexibility index (Phi) is 14.0. The number of esters is 1. The van der Waals surface area contributed by atoms with Crippen molar-refractivity contribution in [2.24, 2.45) is 0 Å². The SMILES string of the molecule is CCCCCCCCCCCCCCCCC(=O)OCc1cnc[nH]1. The van der Waals surface area contributed by atoms with Gasteiger partial charge in [-0.25, -0.2) is 4.98 Å².